The van der Waals surface area contributed by atoms with Gasteiger partial charge in [-0.25, -0.2) is 17.5 Å². The Morgan fingerprint density at radius 2 is 1.59 bits per heavy atom. The van der Waals surface area contributed by atoms with Crippen molar-refractivity contribution in [3.63, 3.8) is 0 Å². The van der Waals surface area contributed by atoms with Crippen molar-refractivity contribution in [3.05, 3.63) is 59.7 Å². The lowest BCUT2D eigenvalue weighted by molar-refractivity contribution is -0.126. The Labute approximate surface area is 168 Å². The fourth-order valence-electron chi connectivity index (χ4n) is 3.61. The summed E-state index contributed by atoms with van der Waals surface area (Å²) in [6.45, 7) is 3.04. The van der Waals surface area contributed by atoms with Crippen LogP contribution in [-0.2, 0) is 14.8 Å². The molecule has 0 unspecified atom stereocenters. The number of benzene rings is 2. The second-order valence-corrected chi connectivity index (χ2v) is 8.86. The van der Waals surface area contributed by atoms with Crippen molar-refractivity contribution >= 4 is 33.6 Å². The van der Waals surface area contributed by atoms with Gasteiger partial charge in [-0.05, 0) is 38.1 Å². The third-order valence-corrected chi connectivity index (χ3v) is 7.04. The largest absolute Gasteiger partial charge is 0.332 e. The molecular weight excluding hydrogens is 394 g/mol. The van der Waals surface area contributed by atoms with Crippen LogP contribution in [0.1, 0.15) is 22.8 Å². The molecule has 2 aromatic rings. The molecule has 8 nitrogen and oxygen atoms in total. The number of rotatable bonds is 4. The zero-order valence-corrected chi connectivity index (χ0v) is 16.7. The van der Waals surface area contributed by atoms with Crippen LogP contribution in [0.25, 0.3) is 0 Å². The van der Waals surface area contributed by atoms with Gasteiger partial charge in [0, 0.05) is 12.2 Å². The van der Waals surface area contributed by atoms with Gasteiger partial charge < -0.3 is 0 Å². The Morgan fingerprint density at radius 3 is 2.24 bits per heavy atom. The average molecular weight is 413 g/mol. The smallest absolute Gasteiger partial charge is 0.282 e. The Kier molecular flexibility index (Phi) is 4.42. The zero-order valence-electron chi connectivity index (χ0n) is 15.9. The van der Waals surface area contributed by atoms with Crippen LogP contribution >= 0.6 is 0 Å². The maximum absolute atomic E-state index is 12.9. The molecular formula is C20H19N3O5S. The first-order chi connectivity index (χ1) is 13.7. The summed E-state index contributed by atoms with van der Waals surface area (Å²) in [5.74, 6) is -1.08. The molecule has 150 valence electrons. The molecule has 4 rings (SSSR count). The van der Waals surface area contributed by atoms with Gasteiger partial charge >= 0.3 is 6.03 Å². The first-order valence-corrected chi connectivity index (χ1v) is 10.5. The topological polar surface area (TPSA) is 95.1 Å². The van der Waals surface area contributed by atoms with Gasteiger partial charge in [0.25, 0.3) is 21.8 Å². The lowest BCUT2D eigenvalue weighted by atomic mass is 10.2. The highest BCUT2D eigenvalue weighted by atomic mass is 32.2. The van der Waals surface area contributed by atoms with Gasteiger partial charge in [-0.3, -0.25) is 19.4 Å². The molecule has 2 aliphatic rings. The standard InChI is InChI=1S/C20H19N3O5S/c1-13-7-9-15(10-8-13)23-14(2)18(24)21(20(23)26)11-12-22-19(25)16-5-3-4-6-17(16)29(22,27)28/h3-10,14H,11-12H2,1-2H3/t14-/m0/s1. The van der Waals surface area contributed by atoms with Gasteiger partial charge in [0.05, 0.1) is 12.1 Å². The molecule has 0 bridgehead atoms. The maximum Gasteiger partial charge on any atom is 0.332 e. The third-order valence-electron chi connectivity index (χ3n) is 5.20. The van der Waals surface area contributed by atoms with Gasteiger partial charge in [-0.1, -0.05) is 29.8 Å². The zero-order chi connectivity index (χ0) is 20.9. The highest BCUT2D eigenvalue weighted by Crippen LogP contribution is 2.30. The number of urea groups is 1. The number of imide groups is 1. The number of aryl methyl sites for hydroxylation is 1. The number of hydrogen-bond donors (Lipinski definition) is 0. The van der Waals surface area contributed by atoms with Crippen LogP contribution in [0.5, 0.6) is 0 Å². The molecule has 4 amide bonds. The summed E-state index contributed by atoms with van der Waals surface area (Å²) in [6.07, 6.45) is 0. The molecule has 2 aliphatic heterocycles. The van der Waals surface area contributed by atoms with E-state index in [1.54, 1.807) is 31.2 Å². The summed E-state index contributed by atoms with van der Waals surface area (Å²) in [7, 11) is -3.99. The molecule has 0 radical (unpaired) electrons. The molecule has 2 aromatic carbocycles. The summed E-state index contributed by atoms with van der Waals surface area (Å²) in [6, 6.07) is 11.9. The van der Waals surface area contributed by atoms with E-state index >= 15 is 0 Å². The summed E-state index contributed by atoms with van der Waals surface area (Å²) in [4.78, 5) is 40.3. The minimum Gasteiger partial charge on any atom is -0.282 e. The van der Waals surface area contributed by atoms with Crippen molar-refractivity contribution in [2.24, 2.45) is 0 Å². The van der Waals surface area contributed by atoms with Crippen LogP contribution in [-0.4, -0.2) is 54.6 Å². The number of carbonyl (C=O) groups excluding carboxylic acids is 3. The second-order valence-electron chi connectivity index (χ2n) is 7.03. The molecule has 0 aliphatic carbocycles. The minimum atomic E-state index is -3.99. The SMILES string of the molecule is Cc1ccc(N2C(=O)N(CCN3C(=O)c4ccccc4S3(=O)=O)C(=O)[C@@H]2C)cc1. The summed E-state index contributed by atoms with van der Waals surface area (Å²) < 4.78 is 26.0. The Bertz CT molecular complexity index is 1130. The molecule has 1 atom stereocenters. The Morgan fingerprint density at radius 1 is 0.931 bits per heavy atom. The van der Waals surface area contributed by atoms with Crippen LogP contribution in [0.15, 0.2) is 53.4 Å². The minimum absolute atomic E-state index is 0.0567. The van der Waals surface area contributed by atoms with Crippen molar-refractivity contribution in [1.29, 1.82) is 0 Å². The summed E-state index contributed by atoms with van der Waals surface area (Å²) in [5.41, 5.74) is 1.70. The lowest BCUT2D eigenvalue weighted by Gasteiger charge is -2.21. The van der Waals surface area contributed by atoms with E-state index in [9.17, 15) is 22.8 Å². The number of anilines is 1. The van der Waals surface area contributed by atoms with Crippen LogP contribution in [0.2, 0.25) is 0 Å². The molecule has 2 heterocycles. The van der Waals surface area contributed by atoms with Gasteiger partial charge in [-0.2, -0.15) is 0 Å². The Hall–Kier alpha value is -3.20. The first kappa shape index (κ1) is 19.1. The predicted molar refractivity (Wildman–Crippen MR) is 105 cm³/mol. The highest BCUT2D eigenvalue weighted by Gasteiger charge is 2.45. The van der Waals surface area contributed by atoms with Crippen LogP contribution in [0, 0.1) is 6.92 Å². The summed E-state index contributed by atoms with van der Waals surface area (Å²) in [5, 5.41) is 0. The Balaban J connectivity index is 1.55. The van der Waals surface area contributed by atoms with E-state index in [0.717, 1.165) is 14.8 Å². The van der Waals surface area contributed by atoms with Crippen molar-refractivity contribution in [2.45, 2.75) is 24.8 Å². The van der Waals surface area contributed by atoms with Crippen LogP contribution < -0.4 is 4.90 Å². The highest BCUT2D eigenvalue weighted by molar-refractivity contribution is 7.90. The van der Waals surface area contributed by atoms with E-state index in [0.29, 0.717) is 5.69 Å². The predicted octanol–water partition coefficient (Wildman–Crippen LogP) is 2.00. The monoisotopic (exact) mass is 413 g/mol. The van der Waals surface area contributed by atoms with Gasteiger partial charge in [0.2, 0.25) is 0 Å². The van der Waals surface area contributed by atoms with Crippen molar-refractivity contribution in [2.75, 3.05) is 18.0 Å². The molecule has 1 fully saturated rings. The van der Waals surface area contributed by atoms with Crippen molar-refractivity contribution < 1.29 is 22.8 Å². The number of sulfonamides is 1. The molecule has 0 aromatic heterocycles. The van der Waals surface area contributed by atoms with Crippen LogP contribution in [0.3, 0.4) is 0 Å². The number of fused-ring (bicyclic) bond motifs is 1. The number of hydrogen-bond acceptors (Lipinski definition) is 5. The van der Waals surface area contributed by atoms with Gasteiger partial charge in [-0.15, -0.1) is 0 Å². The molecule has 0 spiro atoms. The molecule has 29 heavy (non-hydrogen) atoms. The molecule has 9 heteroatoms. The quantitative estimate of drug-likeness (QED) is 0.715. The van der Waals surface area contributed by atoms with E-state index < -0.39 is 33.9 Å². The number of carbonyl (C=O) groups is 3. The van der Waals surface area contributed by atoms with Gasteiger partial charge in [0.15, 0.2) is 0 Å². The van der Waals surface area contributed by atoms with E-state index in [-0.39, 0.29) is 23.5 Å². The fourth-order valence-corrected chi connectivity index (χ4v) is 5.17. The van der Waals surface area contributed by atoms with Crippen molar-refractivity contribution in [1.82, 2.24) is 9.21 Å². The van der Waals surface area contributed by atoms with Crippen LogP contribution in [0.4, 0.5) is 10.5 Å². The number of amides is 4. The molecule has 1 saturated heterocycles. The van der Waals surface area contributed by atoms with E-state index in [1.807, 2.05) is 19.1 Å². The maximum atomic E-state index is 12.9. The van der Waals surface area contributed by atoms with Crippen molar-refractivity contribution in [3.8, 4) is 0 Å². The van der Waals surface area contributed by atoms with E-state index in [1.165, 1.54) is 17.0 Å². The fraction of sp³-hybridized carbons (Fsp3) is 0.250. The van der Waals surface area contributed by atoms with Gasteiger partial charge in [0.1, 0.15) is 10.9 Å². The lowest BCUT2D eigenvalue weighted by Crippen LogP contribution is -2.41. The number of nitrogens with zero attached hydrogens (tertiary/aromatic N) is 3. The average Bonchev–Trinajstić information content (AvgIpc) is 3.03. The molecule has 0 N–H and O–H groups in total. The van der Waals surface area contributed by atoms with E-state index in [4.69, 9.17) is 0 Å². The first-order valence-electron chi connectivity index (χ1n) is 9.11. The summed E-state index contributed by atoms with van der Waals surface area (Å²) >= 11 is 0. The third kappa shape index (κ3) is 2.89. The molecule has 0 saturated carbocycles. The normalized spacial score (nSPS) is 20.6. The second kappa shape index (κ2) is 6.70. The van der Waals surface area contributed by atoms with E-state index in [2.05, 4.69) is 0 Å².